The van der Waals surface area contributed by atoms with E-state index in [9.17, 15) is 0 Å². The van der Waals surface area contributed by atoms with Crippen molar-refractivity contribution in [2.75, 3.05) is 0 Å². The second-order valence-electron chi connectivity index (χ2n) is 8.27. The van der Waals surface area contributed by atoms with Crippen LogP contribution in [0.2, 0.25) is 0 Å². The van der Waals surface area contributed by atoms with Gasteiger partial charge < -0.3 is 4.74 Å². The van der Waals surface area contributed by atoms with Crippen LogP contribution in [0, 0.1) is 23.7 Å². The van der Waals surface area contributed by atoms with E-state index in [1.165, 1.54) is 30.4 Å². The lowest BCUT2D eigenvalue weighted by atomic mass is 9.89. The van der Waals surface area contributed by atoms with E-state index in [0.717, 1.165) is 19.3 Å². The number of hydrogen-bond acceptors (Lipinski definition) is 1. The van der Waals surface area contributed by atoms with Crippen molar-refractivity contribution in [2.45, 2.75) is 72.0 Å². The van der Waals surface area contributed by atoms with Gasteiger partial charge in [0.2, 0.25) is 0 Å². The lowest BCUT2D eigenvalue weighted by molar-refractivity contribution is 0.0396. The van der Waals surface area contributed by atoms with Gasteiger partial charge in [0, 0.05) is 12.3 Å². The molecule has 2 atom stereocenters. The van der Waals surface area contributed by atoms with Gasteiger partial charge >= 0.3 is 0 Å². The van der Waals surface area contributed by atoms with Gasteiger partial charge in [0.25, 0.3) is 0 Å². The predicted octanol–water partition coefficient (Wildman–Crippen LogP) is 7.62. The number of unbranched alkanes of at least 4 members (excludes halogenated alkanes) is 3. The smallest absolute Gasteiger partial charge is 0.125 e. The number of allylic oxidation sites excluding steroid dienone is 1. The zero-order valence-electron chi connectivity index (χ0n) is 19.0. The van der Waals surface area contributed by atoms with E-state index < -0.39 is 0 Å². The van der Waals surface area contributed by atoms with Crippen LogP contribution in [-0.4, -0.2) is 6.10 Å². The molecule has 0 unspecified atom stereocenters. The highest BCUT2D eigenvalue weighted by Gasteiger charge is 2.21. The molecule has 0 saturated heterocycles. The van der Waals surface area contributed by atoms with Crippen LogP contribution in [0.15, 0.2) is 72.8 Å². The normalized spacial score (nSPS) is 13.2. The fraction of sp³-hybridized carbons (Fsp3) is 0.448. The van der Waals surface area contributed by atoms with Gasteiger partial charge in [-0.15, -0.1) is 5.92 Å². The zero-order valence-corrected chi connectivity index (χ0v) is 19.0. The maximum Gasteiger partial charge on any atom is 0.125 e. The minimum atomic E-state index is -0.0696. The van der Waals surface area contributed by atoms with Crippen molar-refractivity contribution in [1.82, 2.24) is 0 Å². The van der Waals surface area contributed by atoms with Gasteiger partial charge in [-0.05, 0) is 36.3 Å². The van der Waals surface area contributed by atoms with Crippen LogP contribution in [0.5, 0.6) is 0 Å². The molecule has 0 fully saturated rings. The molecule has 2 aromatic rings. The molecule has 0 saturated carbocycles. The predicted molar refractivity (Wildman–Crippen MR) is 129 cm³/mol. The van der Waals surface area contributed by atoms with Crippen LogP contribution in [0.1, 0.15) is 64.0 Å². The summed E-state index contributed by atoms with van der Waals surface area (Å²) in [5.74, 6) is 7.63. The summed E-state index contributed by atoms with van der Waals surface area (Å²) < 4.78 is 6.35. The molecule has 0 amide bonds. The fourth-order valence-corrected chi connectivity index (χ4v) is 3.47. The van der Waals surface area contributed by atoms with Gasteiger partial charge in [0.05, 0.1) is 6.61 Å². The molecule has 0 N–H and O–H groups in total. The standard InChI is InChI=1S/C29H38O/c1-4-5-6-7-14-23-29(30-24-27-20-12-9-13-21-27)28(25(2)3)22-16-15-19-26-17-10-8-11-18-26/h8-13,16-18,20-22,25,28-29H,4-7,15,19,24H2,1-3H3/b22-16+/t28-,29+/m0/s1. The number of rotatable bonds is 12. The molecule has 0 bridgehead atoms. The van der Waals surface area contributed by atoms with Crippen molar-refractivity contribution >= 4 is 0 Å². The van der Waals surface area contributed by atoms with Gasteiger partial charge in [0.15, 0.2) is 0 Å². The molecule has 160 valence electrons. The summed E-state index contributed by atoms with van der Waals surface area (Å²) >= 11 is 0. The Morgan fingerprint density at radius 2 is 1.57 bits per heavy atom. The quantitative estimate of drug-likeness (QED) is 0.201. The molecule has 0 aliphatic carbocycles. The van der Waals surface area contributed by atoms with Crippen molar-refractivity contribution in [3.63, 3.8) is 0 Å². The molecule has 2 aromatic carbocycles. The highest BCUT2D eigenvalue weighted by atomic mass is 16.5. The van der Waals surface area contributed by atoms with Crippen molar-refractivity contribution in [3.05, 3.63) is 83.9 Å². The minimum Gasteiger partial charge on any atom is -0.360 e. The lowest BCUT2D eigenvalue weighted by Crippen LogP contribution is -2.25. The Kier molecular flexibility index (Phi) is 11.7. The van der Waals surface area contributed by atoms with E-state index >= 15 is 0 Å². The third kappa shape index (κ3) is 9.47. The Morgan fingerprint density at radius 1 is 0.900 bits per heavy atom. The van der Waals surface area contributed by atoms with E-state index in [-0.39, 0.29) is 6.10 Å². The van der Waals surface area contributed by atoms with Crippen LogP contribution in [0.25, 0.3) is 0 Å². The Bertz CT molecular complexity index is 764. The van der Waals surface area contributed by atoms with Crippen LogP contribution < -0.4 is 0 Å². The Hall–Kier alpha value is -2.30. The Balaban J connectivity index is 2.02. The zero-order chi connectivity index (χ0) is 21.4. The monoisotopic (exact) mass is 402 g/mol. The molecule has 30 heavy (non-hydrogen) atoms. The molecular weight excluding hydrogens is 364 g/mol. The van der Waals surface area contributed by atoms with Gasteiger partial charge in [0.1, 0.15) is 6.10 Å². The first-order valence-corrected chi connectivity index (χ1v) is 11.5. The first-order valence-electron chi connectivity index (χ1n) is 11.5. The van der Waals surface area contributed by atoms with Gasteiger partial charge in [-0.25, -0.2) is 0 Å². The second-order valence-corrected chi connectivity index (χ2v) is 8.27. The maximum absolute atomic E-state index is 6.35. The molecule has 0 spiro atoms. The highest BCUT2D eigenvalue weighted by Crippen LogP contribution is 2.22. The van der Waals surface area contributed by atoms with Crippen LogP contribution in [0.4, 0.5) is 0 Å². The third-order valence-electron chi connectivity index (χ3n) is 5.34. The topological polar surface area (TPSA) is 9.23 Å². The van der Waals surface area contributed by atoms with Gasteiger partial charge in [-0.2, -0.15) is 0 Å². The summed E-state index contributed by atoms with van der Waals surface area (Å²) in [6.07, 6.45) is 11.3. The molecular formula is C29H38O. The SMILES string of the molecule is CCCCCC#C[C@@H](OCc1ccccc1)[C@@H](/C=C/CCc1ccccc1)C(C)C. The summed E-state index contributed by atoms with van der Waals surface area (Å²) in [4.78, 5) is 0. The average Bonchev–Trinajstić information content (AvgIpc) is 2.77. The van der Waals surface area contributed by atoms with Crippen LogP contribution in [-0.2, 0) is 17.8 Å². The Labute approximate surface area is 184 Å². The van der Waals surface area contributed by atoms with Crippen molar-refractivity contribution < 1.29 is 4.74 Å². The summed E-state index contributed by atoms with van der Waals surface area (Å²) in [5, 5.41) is 0. The third-order valence-corrected chi connectivity index (χ3v) is 5.34. The summed E-state index contributed by atoms with van der Waals surface area (Å²) in [5.41, 5.74) is 2.58. The molecule has 1 heteroatoms. The van der Waals surface area contributed by atoms with E-state index in [2.05, 4.69) is 99.4 Å². The lowest BCUT2D eigenvalue weighted by Gasteiger charge is -2.24. The number of benzene rings is 2. The first-order chi connectivity index (χ1) is 14.7. The van der Waals surface area contributed by atoms with E-state index in [1.807, 2.05) is 6.07 Å². The largest absolute Gasteiger partial charge is 0.360 e. The van der Waals surface area contributed by atoms with E-state index in [4.69, 9.17) is 4.74 Å². The Morgan fingerprint density at radius 3 is 2.20 bits per heavy atom. The molecule has 0 aromatic heterocycles. The molecule has 2 rings (SSSR count). The molecule has 0 aliphatic heterocycles. The molecule has 0 heterocycles. The number of aryl methyl sites for hydroxylation is 1. The molecule has 0 aliphatic rings. The number of hydrogen-bond donors (Lipinski definition) is 0. The van der Waals surface area contributed by atoms with Gasteiger partial charge in [-0.1, -0.05) is 112 Å². The summed E-state index contributed by atoms with van der Waals surface area (Å²) in [6.45, 7) is 7.37. The van der Waals surface area contributed by atoms with Crippen molar-refractivity contribution in [3.8, 4) is 11.8 Å². The second kappa shape index (κ2) is 14.6. The summed E-state index contributed by atoms with van der Waals surface area (Å²) in [7, 11) is 0. The first kappa shape index (κ1) is 24.0. The van der Waals surface area contributed by atoms with Crippen LogP contribution in [0.3, 0.4) is 0 Å². The van der Waals surface area contributed by atoms with E-state index in [1.54, 1.807) is 0 Å². The van der Waals surface area contributed by atoms with Gasteiger partial charge in [-0.3, -0.25) is 0 Å². The van der Waals surface area contributed by atoms with Crippen LogP contribution >= 0.6 is 0 Å². The van der Waals surface area contributed by atoms with E-state index in [0.29, 0.717) is 18.4 Å². The number of ether oxygens (including phenoxy) is 1. The minimum absolute atomic E-state index is 0.0696. The molecule has 0 radical (unpaired) electrons. The van der Waals surface area contributed by atoms with Crippen molar-refractivity contribution in [2.24, 2.45) is 11.8 Å². The van der Waals surface area contributed by atoms with Crippen molar-refractivity contribution in [1.29, 1.82) is 0 Å². The average molecular weight is 403 g/mol. The fourth-order valence-electron chi connectivity index (χ4n) is 3.47. The maximum atomic E-state index is 6.35. The molecule has 1 nitrogen and oxygen atoms in total. The summed E-state index contributed by atoms with van der Waals surface area (Å²) in [6, 6.07) is 21.1. The highest BCUT2D eigenvalue weighted by molar-refractivity contribution is 5.17.